The molecule has 1 heterocycles. The van der Waals surface area contributed by atoms with Crippen molar-refractivity contribution < 1.29 is 19.1 Å². The lowest BCUT2D eigenvalue weighted by Gasteiger charge is -2.17. The summed E-state index contributed by atoms with van der Waals surface area (Å²) in [6.07, 6.45) is 1.79. The number of carbonyl (C=O) groups excluding carboxylic acids is 3. The van der Waals surface area contributed by atoms with E-state index in [1.165, 1.54) is 0 Å². The van der Waals surface area contributed by atoms with Crippen molar-refractivity contribution in [2.75, 3.05) is 24.6 Å². The molecule has 7 heteroatoms. The fourth-order valence-electron chi connectivity index (χ4n) is 3.17. The lowest BCUT2D eigenvalue weighted by Crippen LogP contribution is -2.33. The van der Waals surface area contributed by atoms with Crippen molar-refractivity contribution in [2.45, 2.75) is 13.0 Å². The molecular weight excluding hydrogens is 382 g/mol. The van der Waals surface area contributed by atoms with E-state index >= 15 is 0 Å². The van der Waals surface area contributed by atoms with Crippen molar-refractivity contribution in [2.24, 2.45) is 5.92 Å². The molecule has 1 aliphatic rings. The van der Waals surface area contributed by atoms with Gasteiger partial charge in [-0.2, -0.15) is 0 Å². The van der Waals surface area contributed by atoms with E-state index in [1.54, 1.807) is 35.2 Å². The Morgan fingerprint density at radius 3 is 2.53 bits per heavy atom. The number of ether oxygens (including phenoxy) is 1. The zero-order valence-corrected chi connectivity index (χ0v) is 16.7. The van der Waals surface area contributed by atoms with E-state index in [-0.39, 0.29) is 36.7 Å². The summed E-state index contributed by atoms with van der Waals surface area (Å²) in [4.78, 5) is 37.9. The SMILES string of the molecule is C=CCNC(=O)[C@@H]1CC(=O)N(c2ccc(OCC(=O)NCc3ccccc3)cc2)C1. The average molecular weight is 407 g/mol. The standard InChI is InChI=1S/C23H25N3O4/c1-2-12-24-23(29)18-13-22(28)26(15-18)19-8-10-20(11-9-19)30-16-21(27)25-14-17-6-4-3-5-7-17/h2-11,18H,1,12-16H2,(H,24,29)(H,25,27)/t18-/m1/s1. The highest BCUT2D eigenvalue weighted by Gasteiger charge is 2.34. The molecule has 0 bridgehead atoms. The van der Waals surface area contributed by atoms with Crippen LogP contribution in [-0.2, 0) is 20.9 Å². The minimum Gasteiger partial charge on any atom is -0.484 e. The maximum atomic E-state index is 12.3. The predicted molar refractivity (Wildman–Crippen MR) is 114 cm³/mol. The van der Waals surface area contributed by atoms with Gasteiger partial charge in [-0.25, -0.2) is 0 Å². The Bertz CT molecular complexity index is 896. The van der Waals surface area contributed by atoms with Crippen molar-refractivity contribution >= 4 is 23.4 Å². The Labute approximate surface area is 175 Å². The number of amides is 3. The molecule has 3 rings (SSSR count). The average Bonchev–Trinajstić information content (AvgIpc) is 3.17. The first kappa shape index (κ1) is 21.1. The van der Waals surface area contributed by atoms with Crippen molar-refractivity contribution in [3.8, 4) is 5.75 Å². The molecule has 7 nitrogen and oxygen atoms in total. The number of benzene rings is 2. The van der Waals surface area contributed by atoms with Gasteiger partial charge in [-0.3, -0.25) is 14.4 Å². The Hall–Kier alpha value is -3.61. The van der Waals surface area contributed by atoms with Gasteiger partial charge in [0, 0.05) is 31.7 Å². The number of hydrogen-bond acceptors (Lipinski definition) is 4. The molecular formula is C23H25N3O4. The molecule has 0 aromatic heterocycles. The van der Waals surface area contributed by atoms with Crippen molar-refractivity contribution in [3.05, 3.63) is 72.8 Å². The maximum Gasteiger partial charge on any atom is 0.258 e. The van der Waals surface area contributed by atoms with E-state index in [1.807, 2.05) is 30.3 Å². The van der Waals surface area contributed by atoms with Crippen LogP contribution in [0.4, 0.5) is 5.69 Å². The predicted octanol–water partition coefficient (Wildman–Crippen LogP) is 2.04. The molecule has 0 aliphatic carbocycles. The van der Waals surface area contributed by atoms with E-state index in [0.29, 0.717) is 31.1 Å². The Morgan fingerprint density at radius 2 is 1.83 bits per heavy atom. The smallest absolute Gasteiger partial charge is 0.258 e. The molecule has 0 unspecified atom stereocenters. The molecule has 1 aliphatic heterocycles. The second kappa shape index (κ2) is 10.2. The first-order valence-corrected chi connectivity index (χ1v) is 9.79. The largest absolute Gasteiger partial charge is 0.484 e. The van der Waals surface area contributed by atoms with Crippen LogP contribution in [0.5, 0.6) is 5.75 Å². The number of anilines is 1. The summed E-state index contributed by atoms with van der Waals surface area (Å²) in [5.74, 6) is -0.303. The molecule has 3 amide bonds. The van der Waals surface area contributed by atoms with E-state index in [0.717, 1.165) is 5.56 Å². The molecule has 30 heavy (non-hydrogen) atoms. The summed E-state index contributed by atoms with van der Waals surface area (Å²) in [6.45, 7) is 4.63. The molecule has 1 atom stereocenters. The summed E-state index contributed by atoms with van der Waals surface area (Å²) >= 11 is 0. The lowest BCUT2D eigenvalue weighted by molar-refractivity contribution is -0.126. The molecule has 1 fully saturated rings. The minimum atomic E-state index is -0.373. The molecule has 0 saturated carbocycles. The monoisotopic (exact) mass is 407 g/mol. The molecule has 2 N–H and O–H groups in total. The van der Waals surface area contributed by atoms with Crippen molar-refractivity contribution in [1.29, 1.82) is 0 Å². The van der Waals surface area contributed by atoms with Crippen LogP contribution in [0.2, 0.25) is 0 Å². The van der Waals surface area contributed by atoms with Crippen LogP contribution in [-0.4, -0.2) is 37.4 Å². The maximum absolute atomic E-state index is 12.3. The van der Waals surface area contributed by atoms with Crippen molar-refractivity contribution in [3.63, 3.8) is 0 Å². The zero-order valence-electron chi connectivity index (χ0n) is 16.7. The van der Waals surface area contributed by atoms with Crippen LogP contribution < -0.4 is 20.3 Å². The Balaban J connectivity index is 1.47. The lowest BCUT2D eigenvalue weighted by atomic mass is 10.1. The topological polar surface area (TPSA) is 87.7 Å². The number of nitrogens with zero attached hydrogens (tertiary/aromatic N) is 1. The first-order valence-electron chi connectivity index (χ1n) is 9.79. The highest BCUT2D eigenvalue weighted by atomic mass is 16.5. The van der Waals surface area contributed by atoms with Gasteiger partial charge in [0.05, 0.1) is 5.92 Å². The van der Waals surface area contributed by atoms with Gasteiger partial charge in [0.25, 0.3) is 5.91 Å². The van der Waals surface area contributed by atoms with Crippen LogP contribution in [0, 0.1) is 5.92 Å². The quantitative estimate of drug-likeness (QED) is 0.623. The highest BCUT2D eigenvalue weighted by molar-refractivity contribution is 6.00. The van der Waals surface area contributed by atoms with Gasteiger partial charge in [-0.1, -0.05) is 36.4 Å². The minimum absolute atomic E-state index is 0.0947. The fraction of sp³-hybridized carbons (Fsp3) is 0.261. The van der Waals surface area contributed by atoms with Crippen LogP contribution >= 0.6 is 0 Å². The number of rotatable bonds is 9. The third-order valence-corrected chi connectivity index (χ3v) is 4.77. The third kappa shape index (κ3) is 5.70. The molecule has 2 aromatic carbocycles. The third-order valence-electron chi connectivity index (χ3n) is 4.77. The number of hydrogen-bond donors (Lipinski definition) is 2. The molecule has 156 valence electrons. The van der Waals surface area contributed by atoms with Crippen LogP contribution in [0.1, 0.15) is 12.0 Å². The summed E-state index contributed by atoms with van der Waals surface area (Å²) in [6, 6.07) is 16.5. The van der Waals surface area contributed by atoms with Gasteiger partial charge in [0.15, 0.2) is 6.61 Å². The summed E-state index contributed by atoms with van der Waals surface area (Å²) in [5, 5.41) is 5.53. The van der Waals surface area contributed by atoms with Gasteiger partial charge >= 0.3 is 0 Å². The normalized spacial score (nSPS) is 15.5. The van der Waals surface area contributed by atoms with Crippen LogP contribution in [0.3, 0.4) is 0 Å². The Morgan fingerprint density at radius 1 is 1.10 bits per heavy atom. The second-order valence-electron chi connectivity index (χ2n) is 6.98. The number of nitrogens with one attached hydrogen (secondary N) is 2. The van der Waals surface area contributed by atoms with Crippen LogP contribution in [0.15, 0.2) is 67.3 Å². The van der Waals surface area contributed by atoms with Gasteiger partial charge in [-0.15, -0.1) is 6.58 Å². The van der Waals surface area contributed by atoms with Crippen molar-refractivity contribution in [1.82, 2.24) is 10.6 Å². The summed E-state index contributed by atoms with van der Waals surface area (Å²) in [5.41, 5.74) is 1.71. The summed E-state index contributed by atoms with van der Waals surface area (Å²) < 4.78 is 5.52. The fourth-order valence-corrected chi connectivity index (χ4v) is 3.17. The van der Waals surface area contributed by atoms with Gasteiger partial charge in [0.1, 0.15) is 5.75 Å². The van der Waals surface area contributed by atoms with E-state index in [9.17, 15) is 14.4 Å². The highest BCUT2D eigenvalue weighted by Crippen LogP contribution is 2.27. The summed E-state index contributed by atoms with van der Waals surface area (Å²) in [7, 11) is 0. The molecule has 0 radical (unpaired) electrons. The zero-order chi connectivity index (χ0) is 21.3. The van der Waals surface area contributed by atoms with Crippen LogP contribution in [0.25, 0.3) is 0 Å². The van der Waals surface area contributed by atoms with Gasteiger partial charge < -0.3 is 20.3 Å². The van der Waals surface area contributed by atoms with E-state index < -0.39 is 0 Å². The second-order valence-corrected chi connectivity index (χ2v) is 6.98. The molecule has 2 aromatic rings. The Kier molecular flexibility index (Phi) is 7.21. The molecule has 0 spiro atoms. The van der Waals surface area contributed by atoms with E-state index in [4.69, 9.17) is 4.74 Å². The van der Waals surface area contributed by atoms with E-state index in [2.05, 4.69) is 17.2 Å². The first-order chi connectivity index (χ1) is 14.6. The number of carbonyl (C=O) groups is 3. The van der Waals surface area contributed by atoms with Gasteiger partial charge in [0.2, 0.25) is 11.8 Å². The molecule has 1 saturated heterocycles. The van der Waals surface area contributed by atoms with Gasteiger partial charge in [-0.05, 0) is 29.8 Å².